The Labute approximate surface area is 144 Å². The van der Waals surface area contributed by atoms with Gasteiger partial charge in [0.1, 0.15) is 18.1 Å². The van der Waals surface area contributed by atoms with Crippen LogP contribution in [0.5, 0.6) is 11.5 Å². The van der Waals surface area contributed by atoms with Gasteiger partial charge in [-0.2, -0.15) is 0 Å². The van der Waals surface area contributed by atoms with E-state index < -0.39 is 11.6 Å². The highest BCUT2D eigenvalue weighted by atomic mass is 19.2. The Balaban J connectivity index is 1.63. The lowest BCUT2D eigenvalue weighted by molar-refractivity contribution is 0.236. The van der Waals surface area contributed by atoms with Gasteiger partial charge in [-0.3, -0.25) is 0 Å². The van der Waals surface area contributed by atoms with E-state index in [2.05, 4.69) is 10.6 Å². The van der Waals surface area contributed by atoms with Crippen LogP contribution in [0.1, 0.15) is 5.56 Å². The molecule has 0 heterocycles. The topological polar surface area (TPSA) is 59.6 Å². The summed E-state index contributed by atoms with van der Waals surface area (Å²) in [6, 6.07) is 10.5. The van der Waals surface area contributed by atoms with E-state index >= 15 is 0 Å². The molecule has 7 heteroatoms. The fourth-order valence-corrected chi connectivity index (χ4v) is 2.18. The van der Waals surface area contributed by atoms with E-state index in [9.17, 15) is 13.6 Å². The third-order valence-corrected chi connectivity index (χ3v) is 3.42. The van der Waals surface area contributed by atoms with Crippen molar-refractivity contribution < 1.29 is 23.0 Å². The van der Waals surface area contributed by atoms with Crippen molar-refractivity contribution in [2.24, 2.45) is 0 Å². The van der Waals surface area contributed by atoms with Crippen LogP contribution >= 0.6 is 0 Å². The summed E-state index contributed by atoms with van der Waals surface area (Å²) in [6.07, 6.45) is 0.642. The van der Waals surface area contributed by atoms with Gasteiger partial charge in [0, 0.05) is 12.6 Å². The number of methoxy groups -OCH3 is 1. The maximum absolute atomic E-state index is 13.0. The summed E-state index contributed by atoms with van der Waals surface area (Å²) >= 11 is 0. The second-order valence-corrected chi connectivity index (χ2v) is 5.17. The third-order valence-electron chi connectivity index (χ3n) is 3.42. The standard InChI is InChI=1S/C18H20F2N2O3/c1-24-17-5-3-2-4-13(17)8-9-21-18(23)22-10-11-25-14-6-7-15(19)16(20)12-14/h2-7,12H,8-11H2,1H3,(H2,21,22,23). The van der Waals surface area contributed by atoms with Crippen molar-refractivity contribution in [1.82, 2.24) is 10.6 Å². The molecule has 0 aliphatic heterocycles. The highest BCUT2D eigenvalue weighted by Gasteiger charge is 2.05. The normalized spacial score (nSPS) is 10.2. The highest BCUT2D eigenvalue weighted by molar-refractivity contribution is 5.73. The van der Waals surface area contributed by atoms with Gasteiger partial charge in [0.15, 0.2) is 11.6 Å². The van der Waals surface area contributed by atoms with E-state index in [-0.39, 0.29) is 24.9 Å². The maximum atomic E-state index is 13.0. The molecule has 0 aliphatic rings. The van der Waals surface area contributed by atoms with Crippen molar-refractivity contribution in [2.75, 3.05) is 26.8 Å². The van der Waals surface area contributed by atoms with Gasteiger partial charge in [0.2, 0.25) is 0 Å². The summed E-state index contributed by atoms with van der Waals surface area (Å²) in [5.74, 6) is -0.915. The second kappa shape index (κ2) is 9.46. The van der Waals surface area contributed by atoms with Gasteiger partial charge in [-0.25, -0.2) is 13.6 Å². The van der Waals surface area contributed by atoms with E-state index in [1.807, 2.05) is 24.3 Å². The minimum atomic E-state index is -0.973. The minimum Gasteiger partial charge on any atom is -0.496 e. The van der Waals surface area contributed by atoms with E-state index in [0.29, 0.717) is 13.0 Å². The van der Waals surface area contributed by atoms with E-state index in [4.69, 9.17) is 9.47 Å². The molecule has 2 aromatic rings. The molecule has 0 atom stereocenters. The molecular formula is C18H20F2N2O3. The van der Waals surface area contributed by atoms with Crippen LogP contribution in [0, 0.1) is 11.6 Å². The molecule has 0 spiro atoms. The number of nitrogens with one attached hydrogen (secondary N) is 2. The van der Waals surface area contributed by atoms with E-state index in [1.54, 1.807) is 7.11 Å². The predicted octanol–water partition coefficient (Wildman–Crippen LogP) is 2.89. The van der Waals surface area contributed by atoms with Gasteiger partial charge in [-0.1, -0.05) is 18.2 Å². The minimum absolute atomic E-state index is 0.144. The molecule has 25 heavy (non-hydrogen) atoms. The van der Waals surface area contributed by atoms with Crippen molar-refractivity contribution in [3.63, 3.8) is 0 Å². The molecule has 0 bridgehead atoms. The molecule has 0 saturated carbocycles. The highest BCUT2D eigenvalue weighted by Crippen LogP contribution is 2.17. The summed E-state index contributed by atoms with van der Waals surface area (Å²) in [5, 5.41) is 5.35. The fraction of sp³-hybridized carbons (Fsp3) is 0.278. The lowest BCUT2D eigenvalue weighted by Crippen LogP contribution is -2.38. The number of amides is 2. The zero-order valence-electron chi connectivity index (χ0n) is 13.9. The third kappa shape index (κ3) is 5.95. The van der Waals surface area contributed by atoms with Gasteiger partial charge >= 0.3 is 6.03 Å². The zero-order chi connectivity index (χ0) is 18.1. The first-order valence-corrected chi connectivity index (χ1v) is 7.81. The number of halogens is 2. The Kier molecular flexibility index (Phi) is 7.00. The second-order valence-electron chi connectivity index (χ2n) is 5.17. The molecular weight excluding hydrogens is 330 g/mol. The van der Waals surface area contributed by atoms with Crippen molar-refractivity contribution in [2.45, 2.75) is 6.42 Å². The zero-order valence-corrected chi connectivity index (χ0v) is 13.9. The first kappa shape index (κ1) is 18.5. The Hall–Kier alpha value is -2.83. The molecule has 0 aromatic heterocycles. The number of hydrogen-bond donors (Lipinski definition) is 2. The molecule has 0 unspecified atom stereocenters. The number of benzene rings is 2. The van der Waals surface area contributed by atoms with Crippen LogP contribution in [0.4, 0.5) is 13.6 Å². The van der Waals surface area contributed by atoms with Gasteiger partial charge in [-0.15, -0.1) is 0 Å². The summed E-state index contributed by atoms with van der Waals surface area (Å²) in [7, 11) is 1.60. The number of carbonyl (C=O) groups excluding carboxylic acids is 1. The molecule has 5 nitrogen and oxygen atoms in total. The van der Waals surface area contributed by atoms with Crippen LogP contribution < -0.4 is 20.1 Å². The molecule has 134 valence electrons. The summed E-state index contributed by atoms with van der Waals surface area (Å²) in [4.78, 5) is 11.7. The van der Waals surface area contributed by atoms with Crippen molar-refractivity contribution in [3.8, 4) is 11.5 Å². The number of urea groups is 1. The lowest BCUT2D eigenvalue weighted by atomic mass is 10.1. The molecule has 0 fully saturated rings. The maximum Gasteiger partial charge on any atom is 0.314 e. The lowest BCUT2D eigenvalue weighted by Gasteiger charge is -2.10. The number of hydrogen-bond acceptors (Lipinski definition) is 3. The Morgan fingerprint density at radius 3 is 2.56 bits per heavy atom. The molecule has 0 radical (unpaired) electrons. The largest absolute Gasteiger partial charge is 0.496 e. The Morgan fingerprint density at radius 2 is 1.80 bits per heavy atom. The first-order valence-electron chi connectivity index (χ1n) is 7.81. The number of ether oxygens (including phenoxy) is 2. The average Bonchev–Trinajstić information content (AvgIpc) is 2.62. The fourth-order valence-electron chi connectivity index (χ4n) is 2.18. The molecule has 2 N–H and O–H groups in total. The van der Waals surface area contributed by atoms with Crippen LogP contribution in [0.2, 0.25) is 0 Å². The molecule has 2 aromatic carbocycles. The smallest absolute Gasteiger partial charge is 0.314 e. The van der Waals surface area contributed by atoms with Gasteiger partial charge < -0.3 is 20.1 Å². The van der Waals surface area contributed by atoms with Crippen LogP contribution in [0.25, 0.3) is 0 Å². The van der Waals surface area contributed by atoms with Crippen LogP contribution in [0.15, 0.2) is 42.5 Å². The van der Waals surface area contributed by atoms with Crippen molar-refractivity contribution >= 4 is 6.03 Å². The van der Waals surface area contributed by atoms with Gasteiger partial charge in [0.25, 0.3) is 0 Å². The quantitative estimate of drug-likeness (QED) is 0.720. The number of carbonyl (C=O) groups is 1. The SMILES string of the molecule is COc1ccccc1CCNC(=O)NCCOc1ccc(F)c(F)c1. The van der Waals surface area contributed by atoms with E-state index in [1.165, 1.54) is 6.07 Å². The van der Waals surface area contributed by atoms with Crippen LogP contribution in [0.3, 0.4) is 0 Å². The Morgan fingerprint density at radius 1 is 1.04 bits per heavy atom. The molecule has 2 amide bonds. The number of para-hydroxylation sites is 1. The Bertz CT molecular complexity index is 710. The van der Waals surface area contributed by atoms with Crippen LogP contribution in [-0.2, 0) is 6.42 Å². The first-order chi connectivity index (χ1) is 12.1. The van der Waals surface area contributed by atoms with Crippen LogP contribution in [-0.4, -0.2) is 32.8 Å². The van der Waals surface area contributed by atoms with Gasteiger partial charge in [0.05, 0.1) is 13.7 Å². The summed E-state index contributed by atoms with van der Waals surface area (Å²) < 4.78 is 36.3. The van der Waals surface area contributed by atoms with Gasteiger partial charge in [-0.05, 0) is 30.2 Å². The monoisotopic (exact) mass is 350 g/mol. The summed E-state index contributed by atoms with van der Waals surface area (Å²) in [5.41, 5.74) is 1.01. The molecule has 2 rings (SSSR count). The predicted molar refractivity (Wildman–Crippen MR) is 90.0 cm³/mol. The number of rotatable bonds is 8. The van der Waals surface area contributed by atoms with Crippen molar-refractivity contribution in [1.29, 1.82) is 0 Å². The average molecular weight is 350 g/mol. The molecule has 0 saturated heterocycles. The molecule has 0 aliphatic carbocycles. The van der Waals surface area contributed by atoms with E-state index in [0.717, 1.165) is 23.4 Å². The van der Waals surface area contributed by atoms with Crippen molar-refractivity contribution in [3.05, 3.63) is 59.7 Å². The summed E-state index contributed by atoms with van der Waals surface area (Å²) in [6.45, 7) is 0.834.